The average molecular weight is 911 g/mol. The van der Waals surface area contributed by atoms with Crippen LogP contribution in [0.5, 0.6) is 0 Å². The van der Waals surface area contributed by atoms with E-state index in [-0.39, 0.29) is 70.7 Å². The quantitative estimate of drug-likeness (QED) is 0.119. The number of hydrogen-bond acceptors (Lipinski definition) is 4. The van der Waals surface area contributed by atoms with Gasteiger partial charge in [0.05, 0.1) is 79.4 Å². The average Bonchev–Trinajstić information content (AvgIpc) is 2.86. The zero-order valence-electron chi connectivity index (χ0n) is 34.5. The van der Waals surface area contributed by atoms with Crippen LogP contribution in [0, 0.1) is 21.7 Å². The Morgan fingerprint density at radius 1 is 0.479 bits per heavy atom. The van der Waals surface area contributed by atoms with Crippen molar-refractivity contribution in [3.05, 3.63) is 0 Å². The molecule has 0 aromatic heterocycles. The fourth-order valence-electron chi connectivity index (χ4n) is 7.35. The summed E-state index contributed by atoms with van der Waals surface area (Å²) in [5.74, 6) is -0.0990. The van der Waals surface area contributed by atoms with Crippen LogP contribution >= 0.6 is 0 Å². The predicted octanol–water partition coefficient (Wildman–Crippen LogP) is -0.155. The van der Waals surface area contributed by atoms with Crippen LogP contribution in [0.15, 0.2) is 0 Å². The summed E-state index contributed by atoms with van der Waals surface area (Å²) in [6.45, 7) is 34.1. The van der Waals surface area contributed by atoms with Gasteiger partial charge in [0, 0.05) is 12.8 Å². The maximum absolute atomic E-state index is 12.3. The molecule has 2 heterocycles. The minimum absolute atomic E-state index is 0. The van der Waals surface area contributed by atoms with Gasteiger partial charge in [0.2, 0.25) is 0 Å². The summed E-state index contributed by atoms with van der Waals surface area (Å²) in [5.41, 5.74) is -0.521. The number of esters is 2. The molecule has 0 spiro atoms. The van der Waals surface area contributed by atoms with Gasteiger partial charge in [-0.1, -0.05) is 41.5 Å². The number of halogens is 2. The lowest BCUT2D eigenvalue weighted by atomic mass is 9.76. The SMILES string of the molecule is CC(C)(C)CC(C)(C)C(=O)OCCC[N+]1(C)CC[N+](C)(C)CC1.CC(C)(C)CC(C)(C)C(=O)OCCC[N+]1(C)CC[N+](C)(C)CC1.[I-].[I-]. The molecule has 0 aromatic carbocycles. The molecule has 2 aliphatic rings. The lowest BCUT2D eigenvalue weighted by Crippen LogP contribution is -3.00. The van der Waals surface area contributed by atoms with E-state index >= 15 is 0 Å². The van der Waals surface area contributed by atoms with Crippen LogP contribution in [0.25, 0.3) is 0 Å². The molecule has 0 unspecified atom stereocenters. The molecule has 2 rings (SSSR count). The number of quaternary nitrogens is 4. The zero-order valence-corrected chi connectivity index (χ0v) is 38.8. The Labute approximate surface area is 332 Å². The van der Waals surface area contributed by atoms with Gasteiger partial charge < -0.3 is 75.4 Å². The monoisotopic (exact) mass is 910 g/mol. The van der Waals surface area contributed by atoms with E-state index in [2.05, 4.69) is 83.8 Å². The molecule has 0 atom stereocenters. The highest BCUT2D eigenvalue weighted by molar-refractivity contribution is 5.76. The van der Waals surface area contributed by atoms with E-state index in [1.165, 1.54) is 52.4 Å². The van der Waals surface area contributed by atoms with Crippen LogP contribution < -0.4 is 48.0 Å². The second-order valence-electron chi connectivity index (χ2n) is 20.6. The molecular weight excluding hydrogens is 830 g/mol. The van der Waals surface area contributed by atoms with Gasteiger partial charge in [0.25, 0.3) is 0 Å². The first-order valence-corrected chi connectivity index (χ1v) is 18.2. The fourth-order valence-corrected chi connectivity index (χ4v) is 7.35. The summed E-state index contributed by atoms with van der Waals surface area (Å²) >= 11 is 0. The van der Waals surface area contributed by atoms with Gasteiger partial charge in [0.1, 0.15) is 52.4 Å². The van der Waals surface area contributed by atoms with Crippen molar-refractivity contribution in [3.63, 3.8) is 0 Å². The Morgan fingerprint density at radius 3 is 0.958 bits per heavy atom. The number of carbonyl (C=O) groups is 2. The van der Waals surface area contributed by atoms with Gasteiger partial charge in [-0.25, -0.2) is 0 Å². The third-order valence-electron chi connectivity index (χ3n) is 10.2. The second kappa shape index (κ2) is 19.4. The first kappa shape index (κ1) is 50.3. The van der Waals surface area contributed by atoms with Crippen molar-refractivity contribution in [3.8, 4) is 0 Å². The molecule has 288 valence electrons. The van der Waals surface area contributed by atoms with Crippen LogP contribution in [0.2, 0.25) is 0 Å². The summed E-state index contributed by atoms with van der Waals surface area (Å²) in [5, 5.41) is 0. The van der Waals surface area contributed by atoms with Crippen molar-refractivity contribution in [2.45, 2.75) is 94.9 Å². The van der Waals surface area contributed by atoms with Crippen molar-refractivity contribution < 1.29 is 84.9 Å². The molecule has 0 amide bonds. The lowest BCUT2D eigenvalue weighted by Gasteiger charge is -2.44. The zero-order chi connectivity index (χ0) is 35.9. The summed E-state index contributed by atoms with van der Waals surface area (Å²) in [7, 11) is 13.9. The lowest BCUT2D eigenvalue weighted by molar-refractivity contribution is -1.01. The van der Waals surface area contributed by atoms with Crippen molar-refractivity contribution >= 4 is 11.9 Å². The number of nitrogens with zero attached hydrogens (tertiary/aromatic N) is 4. The number of piperazine rings is 2. The van der Waals surface area contributed by atoms with Crippen molar-refractivity contribution in [2.75, 3.05) is 121 Å². The summed E-state index contributed by atoms with van der Waals surface area (Å²) in [6, 6.07) is 0. The van der Waals surface area contributed by atoms with E-state index in [1.54, 1.807) is 0 Å². The highest BCUT2D eigenvalue weighted by Gasteiger charge is 2.37. The minimum Gasteiger partial charge on any atom is -1.00 e. The first-order valence-electron chi connectivity index (χ1n) is 18.2. The summed E-state index contributed by atoms with van der Waals surface area (Å²) in [4.78, 5) is 24.7. The molecule has 0 aromatic rings. The third-order valence-corrected chi connectivity index (χ3v) is 10.2. The topological polar surface area (TPSA) is 52.6 Å². The molecule has 2 aliphatic heterocycles. The molecule has 2 saturated heterocycles. The smallest absolute Gasteiger partial charge is 0.311 e. The Kier molecular flexibility index (Phi) is 20.3. The Morgan fingerprint density at radius 2 is 0.729 bits per heavy atom. The number of ether oxygens (including phenoxy) is 2. The Bertz CT molecular complexity index is 886. The molecule has 0 N–H and O–H groups in total. The highest BCUT2D eigenvalue weighted by Crippen LogP contribution is 2.35. The maximum Gasteiger partial charge on any atom is 0.311 e. The van der Waals surface area contributed by atoms with E-state index < -0.39 is 10.8 Å². The molecular formula is C38H80I2N4O4+2. The molecule has 48 heavy (non-hydrogen) atoms. The summed E-state index contributed by atoms with van der Waals surface area (Å²) in [6.07, 6.45) is 3.61. The Balaban J connectivity index is 0. The van der Waals surface area contributed by atoms with Gasteiger partial charge >= 0.3 is 11.9 Å². The van der Waals surface area contributed by atoms with Crippen LogP contribution in [0.3, 0.4) is 0 Å². The van der Waals surface area contributed by atoms with Crippen LogP contribution in [0.4, 0.5) is 0 Å². The predicted molar refractivity (Wildman–Crippen MR) is 192 cm³/mol. The maximum atomic E-state index is 12.3. The molecule has 2 fully saturated rings. The standard InChI is InChI=1S/2C19H40N2O2.2HI/c2*1-18(2,3)16-19(4,5)17(22)23-15-9-10-21(8)13-11-20(6,7)12-14-21;;/h2*9-16H2,1-8H3;2*1H/q2*+2;;/p-2. The fraction of sp³-hybridized carbons (Fsp3) is 0.947. The highest BCUT2D eigenvalue weighted by atomic mass is 127. The van der Waals surface area contributed by atoms with Crippen LogP contribution in [-0.2, 0) is 19.1 Å². The molecule has 0 aliphatic carbocycles. The molecule has 0 saturated carbocycles. The van der Waals surface area contributed by atoms with E-state index in [9.17, 15) is 9.59 Å². The molecule has 0 radical (unpaired) electrons. The van der Waals surface area contributed by atoms with Gasteiger partial charge in [-0.2, -0.15) is 0 Å². The van der Waals surface area contributed by atoms with E-state index in [0.717, 1.165) is 56.7 Å². The van der Waals surface area contributed by atoms with Gasteiger partial charge in [0.15, 0.2) is 0 Å². The van der Waals surface area contributed by atoms with Crippen LogP contribution in [-0.4, -0.2) is 151 Å². The Hall–Kier alpha value is 0.240. The normalized spacial score (nSPS) is 20.2. The number of likely N-dealkylation sites (N-methyl/N-ethyl adjacent to an activating group) is 4. The minimum atomic E-state index is -0.399. The third kappa shape index (κ3) is 20.3. The van der Waals surface area contributed by atoms with Gasteiger partial charge in [-0.05, 0) is 51.4 Å². The van der Waals surface area contributed by atoms with E-state index in [0.29, 0.717) is 13.2 Å². The molecule has 0 bridgehead atoms. The first-order chi connectivity index (χ1) is 20.5. The van der Waals surface area contributed by atoms with E-state index in [1.807, 2.05) is 27.7 Å². The van der Waals surface area contributed by atoms with Gasteiger partial charge in [-0.3, -0.25) is 9.59 Å². The molecule has 8 nitrogen and oxygen atoms in total. The number of rotatable bonds is 12. The summed E-state index contributed by atoms with van der Waals surface area (Å²) < 4.78 is 15.6. The van der Waals surface area contributed by atoms with Crippen molar-refractivity contribution in [1.29, 1.82) is 0 Å². The van der Waals surface area contributed by atoms with Gasteiger partial charge in [-0.15, -0.1) is 0 Å². The second-order valence-corrected chi connectivity index (χ2v) is 20.6. The number of carbonyl (C=O) groups excluding carboxylic acids is 2. The van der Waals surface area contributed by atoms with Crippen LogP contribution in [0.1, 0.15) is 94.9 Å². The van der Waals surface area contributed by atoms with Crippen molar-refractivity contribution in [1.82, 2.24) is 0 Å². The molecule has 10 heteroatoms. The number of hydrogen-bond donors (Lipinski definition) is 0. The van der Waals surface area contributed by atoms with Crippen molar-refractivity contribution in [2.24, 2.45) is 21.7 Å². The largest absolute Gasteiger partial charge is 1.00 e. The van der Waals surface area contributed by atoms with E-state index in [4.69, 9.17) is 9.47 Å².